The van der Waals surface area contributed by atoms with E-state index >= 15 is 0 Å². The highest BCUT2D eigenvalue weighted by atomic mass is 127. The number of aliphatic imine (C=N–C) groups is 1. The molecule has 0 atom stereocenters. The Morgan fingerprint density at radius 3 is 2.56 bits per heavy atom. The molecular formula is C26H20Cl2FIN2O3S. The van der Waals surface area contributed by atoms with Gasteiger partial charge >= 0.3 is 0 Å². The van der Waals surface area contributed by atoms with Crippen LogP contribution in [0.15, 0.2) is 64.5 Å². The molecule has 3 aromatic rings. The zero-order valence-electron chi connectivity index (χ0n) is 19.2. The van der Waals surface area contributed by atoms with E-state index in [1.807, 2.05) is 25.1 Å². The van der Waals surface area contributed by atoms with Gasteiger partial charge in [0.15, 0.2) is 16.7 Å². The normalized spacial score (nSPS) is 15.7. The number of carbonyl (C=O) groups is 1. The monoisotopic (exact) mass is 656 g/mol. The number of rotatable bonds is 7. The smallest absolute Gasteiger partial charge is 0.266 e. The molecule has 186 valence electrons. The van der Waals surface area contributed by atoms with Crippen molar-refractivity contribution in [3.05, 3.63) is 90.1 Å². The Balaban J connectivity index is 1.59. The number of hydrogen-bond acceptors (Lipinski definition) is 5. The zero-order chi connectivity index (χ0) is 25.8. The number of hydrogen-bond donors (Lipinski definition) is 0. The van der Waals surface area contributed by atoms with Gasteiger partial charge in [-0.25, -0.2) is 9.38 Å². The van der Waals surface area contributed by atoms with Crippen LogP contribution in [-0.4, -0.2) is 29.6 Å². The van der Waals surface area contributed by atoms with Crippen LogP contribution in [0.4, 0.5) is 10.1 Å². The summed E-state index contributed by atoms with van der Waals surface area (Å²) in [6, 6.07) is 14.8. The molecule has 36 heavy (non-hydrogen) atoms. The van der Waals surface area contributed by atoms with E-state index < -0.39 is 0 Å². The maximum Gasteiger partial charge on any atom is 0.266 e. The minimum atomic E-state index is -0.339. The molecule has 5 nitrogen and oxygen atoms in total. The van der Waals surface area contributed by atoms with Gasteiger partial charge in [0.2, 0.25) is 0 Å². The third-order valence-electron chi connectivity index (χ3n) is 5.19. The Hall–Kier alpha value is -2.27. The Morgan fingerprint density at radius 1 is 1.14 bits per heavy atom. The molecule has 0 unspecified atom stereocenters. The Kier molecular flexibility index (Phi) is 8.82. The quantitative estimate of drug-likeness (QED) is 0.191. The fourth-order valence-electron chi connectivity index (χ4n) is 3.40. The molecular weight excluding hydrogens is 637 g/mol. The van der Waals surface area contributed by atoms with E-state index in [1.165, 1.54) is 23.9 Å². The van der Waals surface area contributed by atoms with Crippen LogP contribution in [0.25, 0.3) is 6.08 Å². The number of amides is 1. The molecule has 3 aromatic carbocycles. The first-order chi connectivity index (χ1) is 17.3. The molecule has 1 saturated heterocycles. The minimum Gasteiger partial charge on any atom is -0.493 e. The van der Waals surface area contributed by atoms with Crippen LogP contribution in [-0.2, 0) is 11.4 Å². The molecule has 0 aliphatic carbocycles. The average molecular weight is 657 g/mol. The summed E-state index contributed by atoms with van der Waals surface area (Å²) in [7, 11) is 1.56. The predicted molar refractivity (Wildman–Crippen MR) is 153 cm³/mol. The second kappa shape index (κ2) is 11.9. The third-order valence-corrected chi connectivity index (χ3v) is 7.59. The largest absolute Gasteiger partial charge is 0.493 e. The zero-order valence-corrected chi connectivity index (χ0v) is 23.7. The Bertz CT molecular complexity index is 1370. The second-order valence-electron chi connectivity index (χ2n) is 7.59. The molecule has 1 aliphatic rings. The van der Waals surface area contributed by atoms with Crippen LogP contribution in [0.3, 0.4) is 0 Å². The minimum absolute atomic E-state index is 0.143. The van der Waals surface area contributed by atoms with Crippen LogP contribution in [0.1, 0.15) is 18.1 Å². The van der Waals surface area contributed by atoms with Crippen molar-refractivity contribution in [2.45, 2.75) is 13.5 Å². The number of carbonyl (C=O) groups excluding carboxylic acids is 1. The van der Waals surface area contributed by atoms with Gasteiger partial charge in [-0.1, -0.05) is 29.3 Å². The summed E-state index contributed by atoms with van der Waals surface area (Å²) in [5, 5.41) is 1.62. The van der Waals surface area contributed by atoms with Gasteiger partial charge in [0.1, 0.15) is 12.4 Å². The van der Waals surface area contributed by atoms with E-state index in [0.717, 1.165) is 14.7 Å². The number of likely N-dealkylation sites (N-methyl/N-ethyl adjacent to an activating group) is 1. The van der Waals surface area contributed by atoms with Gasteiger partial charge in [-0.05, 0) is 101 Å². The van der Waals surface area contributed by atoms with E-state index in [1.54, 1.807) is 42.4 Å². The van der Waals surface area contributed by atoms with Crippen molar-refractivity contribution in [1.82, 2.24) is 4.90 Å². The van der Waals surface area contributed by atoms with Crippen molar-refractivity contribution >= 4 is 80.4 Å². The first-order valence-corrected chi connectivity index (χ1v) is 13.4. The summed E-state index contributed by atoms with van der Waals surface area (Å²) in [6.07, 6.45) is 1.80. The van der Waals surface area contributed by atoms with Gasteiger partial charge in [0.05, 0.1) is 21.3 Å². The maximum absolute atomic E-state index is 13.2. The fourth-order valence-corrected chi connectivity index (χ4v) is 5.71. The summed E-state index contributed by atoms with van der Waals surface area (Å²) >= 11 is 15.7. The van der Waals surface area contributed by atoms with Gasteiger partial charge in [-0.3, -0.25) is 9.69 Å². The highest BCUT2D eigenvalue weighted by molar-refractivity contribution is 14.1. The summed E-state index contributed by atoms with van der Waals surface area (Å²) in [6.45, 7) is 2.59. The first-order valence-electron chi connectivity index (χ1n) is 10.8. The summed E-state index contributed by atoms with van der Waals surface area (Å²) in [4.78, 5) is 19.7. The Morgan fingerprint density at radius 2 is 1.89 bits per heavy atom. The molecule has 0 aromatic heterocycles. The highest BCUT2D eigenvalue weighted by Crippen LogP contribution is 2.38. The van der Waals surface area contributed by atoms with Crippen molar-refractivity contribution in [3.8, 4) is 11.5 Å². The van der Waals surface area contributed by atoms with E-state index in [9.17, 15) is 9.18 Å². The molecule has 0 N–H and O–H groups in total. The van der Waals surface area contributed by atoms with Crippen molar-refractivity contribution in [3.63, 3.8) is 0 Å². The first kappa shape index (κ1) is 26.8. The number of thioether (sulfide) groups is 1. The summed E-state index contributed by atoms with van der Waals surface area (Å²) in [5.41, 5.74) is 2.15. The maximum atomic E-state index is 13.2. The van der Waals surface area contributed by atoms with Gasteiger partial charge in [0.25, 0.3) is 5.91 Å². The molecule has 0 spiro atoms. The molecule has 10 heteroatoms. The van der Waals surface area contributed by atoms with Crippen molar-refractivity contribution in [2.24, 2.45) is 4.99 Å². The van der Waals surface area contributed by atoms with Crippen LogP contribution in [0.2, 0.25) is 10.0 Å². The van der Waals surface area contributed by atoms with Crippen LogP contribution in [0.5, 0.6) is 11.5 Å². The number of amidine groups is 1. The molecule has 4 rings (SSSR count). The van der Waals surface area contributed by atoms with Gasteiger partial charge in [0, 0.05) is 22.2 Å². The van der Waals surface area contributed by atoms with Gasteiger partial charge in [-0.15, -0.1) is 0 Å². The molecule has 1 amide bonds. The van der Waals surface area contributed by atoms with Crippen LogP contribution >= 0.6 is 57.6 Å². The third kappa shape index (κ3) is 6.16. The highest BCUT2D eigenvalue weighted by Gasteiger charge is 2.32. The topological polar surface area (TPSA) is 51.1 Å². The molecule has 1 heterocycles. The molecule has 1 fully saturated rings. The molecule has 0 radical (unpaired) electrons. The molecule has 0 bridgehead atoms. The second-order valence-corrected chi connectivity index (χ2v) is 10.6. The van der Waals surface area contributed by atoms with Crippen molar-refractivity contribution < 1.29 is 18.7 Å². The van der Waals surface area contributed by atoms with Gasteiger partial charge < -0.3 is 9.47 Å². The van der Waals surface area contributed by atoms with Gasteiger partial charge in [-0.2, -0.15) is 0 Å². The SMILES string of the molecule is CCN1C(=O)/C(=C\c2cc(I)c(OCc3ccc(Cl)cc3Cl)c(OC)c2)SC1=Nc1ccc(F)cc1. The number of halogens is 4. The average Bonchev–Trinajstić information content (AvgIpc) is 3.14. The van der Waals surface area contributed by atoms with E-state index in [-0.39, 0.29) is 18.3 Å². The standard InChI is InChI=1S/C26H20Cl2FIN2O3S/c1-3-32-25(33)23(36-26(32)31-19-8-6-18(29)7-9-19)12-15-10-21(30)24(22(11-15)34-2)35-14-16-4-5-17(27)13-20(16)28/h4-13H,3,14H2,1-2H3/b23-12+,31-26?. The van der Waals surface area contributed by atoms with E-state index in [4.69, 9.17) is 32.7 Å². The summed E-state index contributed by atoms with van der Waals surface area (Å²) < 4.78 is 25.7. The van der Waals surface area contributed by atoms with E-state index in [2.05, 4.69) is 27.6 Å². The van der Waals surface area contributed by atoms with E-state index in [0.29, 0.717) is 43.8 Å². The molecule has 1 aliphatic heterocycles. The van der Waals surface area contributed by atoms with Crippen molar-refractivity contribution in [1.29, 1.82) is 0 Å². The number of methoxy groups -OCH3 is 1. The fraction of sp³-hybridized carbons (Fsp3) is 0.154. The lowest BCUT2D eigenvalue weighted by Gasteiger charge is -2.14. The number of ether oxygens (including phenoxy) is 2. The predicted octanol–water partition coefficient (Wildman–Crippen LogP) is 7.95. The number of nitrogens with zero attached hydrogens (tertiary/aromatic N) is 2. The lowest BCUT2D eigenvalue weighted by molar-refractivity contribution is -0.122. The van der Waals surface area contributed by atoms with Crippen molar-refractivity contribution in [2.75, 3.05) is 13.7 Å². The molecule has 0 saturated carbocycles. The Labute approximate surface area is 236 Å². The summed E-state index contributed by atoms with van der Waals surface area (Å²) in [5.74, 6) is 0.622. The number of benzene rings is 3. The lowest BCUT2D eigenvalue weighted by atomic mass is 10.1. The van der Waals surface area contributed by atoms with Crippen LogP contribution < -0.4 is 9.47 Å². The van der Waals surface area contributed by atoms with Crippen LogP contribution in [0, 0.1) is 9.39 Å². The lowest BCUT2D eigenvalue weighted by Crippen LogP contribution is -2.28.